The first kappa shape index (κ1) is 13.7. The number of hydrogen-bond donors (Lipinski definition) is 0. The highest BCUT2D eigenvalue weighted by Crippen LogP contribution is 2.25. The van der Waals surface area contributed by atoms with E-state index in [-0.39, 0.29) is 22.9 Å². The molecule has 0 spiro atoms. The zero-order valence-electron chi connectivity index (χ0n) is 10.1. The van der Waals surface area contributed by atoms with Crippen LogP contribution in [0.3, 0.4) is 0 Å². The fourth-order valence-corrected chi connectivity index (χ4v) is 2.68. The highest BCUT2D eigenvalue weighted by molar-refractivity contribution is 7.10. The second kappa shape index (κ2) is 5.50. The highest BCUT2D eigenvalue weighted by Gasteiger charge is 2.19. The lowest BCUT2D eigenvalue weighted by Gasteiger charge is -2.03. The number of nitro groups is 1. The number of carbonyl (C=O) groups is 1. The van der Waals surface area contributed by atoms with E-state index in [4.69, 9.17) is 11.6 Å². The van der Waals surface area contributed by atoms with Crippen LogP contribution in [-0.4, -0.2) is 10.7 Å². The van der Waals surface area contributed by atoms with E-state index in [0.29, 0.717) is 11.1 Å². The van der Waals surface area contributed by atoms with E-state index in [1.807, 2.05) is 12.3 Å². The lowest BCUT2D eigenvalue weighted by molar-refractivity contribution is -0.385. The van der Waals surface area contributed by atoms with Gasteiger partial charge in [-0.1, -0.05) is 17.7 Å². The molecule has 1 heterocycles. The molecule has 0 saturated carbocycles. The molecule has 0 atom stereocenters. The van der Waals surface area contributed by atoms with Gasteiger partial charge in [0.1, 0.15) is 0 Å². The number of aryl methyl sites for hydroxylation is 1. The van der Waals surface area contributed by atoms with Gasteiger partial charge in [-0.3, -0.25) is 14.9 Å². The van der Waals surface area contributed by atoms with Gasteiger partial charge in [0.15, 0.2) is 5.78 Å². The van der Waals surface area contributed by atoms with Gasteiger partial charge < -0.3 is 0 Å². The molecule has 98 valence electrons. The van der Waals surface area contributed by atoms with Crippen molar-refractivity contribution in [3.63, 3.8) is 0 Å². The smallest absolute Gasteiger partial charge is 0.274 e. The molecule has 0 aliphatic heterocycles. The number of nitrogens with zero attached hydrogens (tertiary/aromatic N) is 1. The number of nitro benzene ring substituents is 1. The minimum atomic E-state index is -0.519. The van der Waals surface area contributed by atoms with Crippen molar-refractivity contribution in [3.8, 4) is 0 Å². The van der Waals surface area contributed by atoms with E-state index in [2.05, 4.69) is 0 Å². The van der Waals surface area contributed by atoms with Gasteiger partial charge in [-0.05, 0) is 24.4 Å². The molecule has 0 radical (unpaired) electrons. The number of benzene rings is 1. The summed E-state index contributed by atoms with van der Waals surface area (Å²) in [5.41, 5.74) is 0.882. The molecule has 4 nitrogen and oxygen atoms in total. The van der Waals surface area contributed by atoms with Crippen molar-refractivity contribution in [3.05, 3.63) is 60.8 Å². The summed E-state index contributed by atoms with van der Waals surface area (Å²) >= 11 is 7.21. The molecular weight excluding hydrogens is 286 g/mol. The van der Waals surface area contributed by atoms with Crippen LogP contribution in [0.2, 0.25) is 5.02 Å². The van der Waals surface area contributed by atoms with Crippen molar-refractivity contribution >= 4 is 34.4 Å². The van der Waals surface area contributed by atoms with Gasteiger partial charge in [0, 0.05) is 33.5 Å². The van der Waals surface area contributed by atoms with Crippen molar-refractivity contribution in [2.24, 2.45) is 0 Å². The van der Waals surface area contributed by atoms with Gasteiger partial charge in [0.05, 0.1) is 4.92 Å². The predicted octanol–water partition coefficient (Wildman–Crippen LogP) is 4.04. The summed E-state index contributed by atoms with van der Waals surface area (Å²) in [5.74, 6) is -0.121. The SMILES string of the molecule is Cc1sccc1C(=O)Cc1ccc(Cl)cc1[N+](=O)[O-]. The number of Topliss-reactive ketones (excluding diaryl/α,β-unsaturated/α-hetero) is 1. The van der Waals surface area contributed by atoms with E-state index in [1.165, 1.54) is 23.5 Å². The molecule has 0 unspecified atom stereocenters. The summed E-state index contributed by atoms with van der Waals surface area (Å²) in [6, 6.07) is 6.09. The molecule has 1 aromatic heterocycles. The number of hydrogen-bond acceptors (Lipinski definition) is 4. The van der Waals surface area contributed by atoms with Crippen molar-refractivity contribution in [2.75, 3.05) is 0 Å². The minimum Gasteiger partial charge on any atom is -0.294 e. The van der Waals surface area contributed by atoms with E-state index < -0.39 is 4.92 Å². The van der Waals surface area contributed by atoms with Gasteiger partial charge in [0.2, 0.25) is 0 Å². The Hall–Kier alpha value is -1.72. The Labute approximate surface area is 118 Å². The fourth-order valence-electron chi connectivity index (χ4n) is 1.80. The van der Waals surface area contributed by atoms with E-state index in [1.54, 1.807) is 12.1 Å². The average Bonchev–Trinajstić information content (AvgIpc) is 2.77. The van der Waals surface area contributed by atoms with E-state index in [9.17, 15) is 14.9 Å². The summed E-state index contributed by atoms with van der Waals surface area (Å²) in [6.45, 7) is 1.86. The average molecular weight is 296 g/mol. The summed E-state index contributed by atoms with van der Waals surface area (Å²) in [5, 5.41) is 13.1. The third-order valence-electron chi connectivity index (χ3n) is 2.75. The van der Waals surface area contributed by atoms with Gasteiger partial charge in [-0.15, -0.1) is 11.3 Å². The molecule has 1 aromatic carbocycles. The van der Waals surface area contributed by atoms with Crippen LogP contribution >= 0.6 is 22.9 Å². The number of ketones is 1. The van der Waals surface area contributed by atoms with Gasteiger partial charge in [-0.2, -0.15) is 0 Å². The predicted molar refractivity (Wildman–Crippen MR) is 75.2 cm³/mol. The lowest BCUT2D eigenvalue weighted by Crippen LogP contribution is -2.06. The molecule has 0 fully saturated rings. The maximum Gasteiger partial charge on any atom is 0.274 e. The summed E-state index contributed by atoms with van der Waals surface area (Å²) in [7, 11) is 0. The fraction of sp³-hybridized carbons (Fsp3) is 0.154. The molecule has 0 aliphatic carbocycles. The van der Waals surface area contributed by atoms with Crippen molar-refractivity contribution in [2.45, 2.75) is 13.3 Å². The molecule has 0 N–H and O–H groups in total. The zero-order valence-corrected chi connectivity index (χ0v) is 11.6. The molecule has 2 aromatic rings. The lowest BCUT2D eigenvalue weighted by atomic mass is 10.0. The molecule has 2 rings (SSSR count). The van der Waals surface area contributed by atoms with Crippen LogP contribution in [-0.2, 0) is 6.42 Å². The Morgan fingerprint density at radius 2 is 2.16 bits per heavy atom. The van der Waals surface area contributed by atoms with Crippen LogP contribution in [0.25, 0.3) is 0 Å². The first-order valence-electron chi connectivity index (χ1n) is 5.49. The zero-order chi connectivity index (χ0) is 14.0. The molecule has 0 aliphatic rings. The maximum absolute atomic E-state index is 12.1. The quantitative estimate of drug-likeness (QED) is 0.486. The van der Waals surface area contributed by atoms with Crippen molar-refractivity contribution < 1.29 is 9.72 Å². The molecule has 19 heavy (non-hydrogen) atoms. The molecule has 0 saturated heterocycles. The second-order valence-corrected chi connectivity index (χ2v) is 5.58. The molecule has 6 heteroatoms. The number of thiophene rings is 1. The van der Waals surface area contributed by atoms with Crippen LogP contribution in [0.5, 0.6) is 0 Å². The first-order chi connectivity index (χ1) is 8.99. The van der Waals surface area contributed by atoms with Gasteiger partial charge >= 0.3 is 0 Å². The Kier molecular flexibility index (Phi) is 3.97. The van der Waals surface area contributed by atoms with Crippen LogP contribution in [0.1, 0.15) is 20.8 Å². The number of halogens is 1. The Morgan fingerprint density at radius 3 is 2.74 bits per heavy atom. The Morgan fingerprint density at radius 1 is 1.42 bits per heavy atom. The van der Waals surface area contributed by atoms with Crippen LogP contribution < -0.4 is 0 Å². The summed E-state index contributed by atoms with van der Waals surface area (Å²) < 4.78 is 0. The normalized spacial score (nSPS) is 10.4. The largest absolute Gasteiger partial charge is 0.294 e. The summed E-state index contributed by atoms with van der Waals surface area (Å²) in [6.07, 6.45) is 0.00502. The first-order valence-corrected chi connectivity index (χ1v) is 6.75. The number of carbonyl (C=O) groups excluding carboxylic acids is 1. The van der Waals surface area contributed by atoms with E-state index >= 15 is 0 Å². The number of rotatable bonds is 4. The third-order valence-corrected chi connectivity index (χ3v) is 3.84. The van der Waals surface area contributed by atoms with Crippen LogP contribution in [0.4, 0.5) is 5.69 Å². The molecular formula is C13H10ClNO3S. The minimum absolute atomic E-state index is 0.00502. The standard InChI is InChI=1S/C13H10ClNO3S/c1-8-11(4-5-19-8)13(16)6-9-2-3-10(14)7-12(9)15(17)18/h2-5,7H,6H2,1H3. The van der Waals surface area contributed by atoms with Crippen LogP contribution in [0.15, 0.2) is 29.6 Å². The second-order valence-electron chi connectivity index (χ2n) is 4.02. The Balaban J connectivity index is 2.32. The summed E-state index contributed by atoms with van der Waals surface area (Å²) in [4.78, 5) is 23.5. The van der Waals surface area contributed by atoms with Gasteiger partial charge in [0.25, 0.3) is 5.69 Å². The highest BCUT2D eigenvalue weighted by atomic mass is 35.5. The van der Waals surface area contributed by atoms with Crippen molar-refractivity contribution in [1.29, 1.82) is 0 Å². The topological polar surface area (TPSA) is 60.2 Å². The maximum atomic E-state index is 12.1. The van der Waals surface area contributed by atoms with Crippen LogP contribution in [0, 0.1) is 17.0 Å². The molecule has 0 amide bonds. The third kappa shape index (κ3) is 3.00. The van der Waals surface area contributed by atoms with Gasteiger partial charge in [-0.25, -0.2) is 0 Å². The van der Waals surface area contributed by atoms with Crippen molar-refractivity contribution in [1.82, 2.24) is 0 Å². The molecule has 0 bridgehead atoms. The monoisotopic (exact) mass is 295 g/mol. The van der Waals surface area contributed by atoms with E-state index in [0.717, 1.165) is 4.88 Å². The Bertz CT molecular complexity index is 651.